The van der Waals surface area contributed by atoms with Gasteiger partial charge < -0.3 is 16.2 Å². The van der Waals surface area contributed by atoms with E-state index in [1.165, 1.54) is 6.92 Å². The van der Waals surface area contributed by atoms with Crippen molar-refractivity contribution in [3.63, 3.8) is 0 Å². The van der Waals surface area contributed by atoms with E-state index in [4.69, 9.17) is 5.73 Å². The summed E-state index contributed by atoms with van der Waals surface area (Å²) in [6.07, 6.45) is -0.568. The smallest absolute Gasteiger partial charge is 0.221 e. The van der Waals surface area contributed by atoms with E-state index in [2.05, 4.69) is 5.32 Å². The van der Waals surface area contributed by atoms with Crippen molar-refractivity contribution in [2.45, 2.75) is 32.9 Å². The number of aliphatic hydroxyl groups excluding tert-OH is 1. The minimum Gasteiger partial charge on any atom is -0.391 e. The molecule has 0 radical (unpaired) electrons. The Hall–Kier alpha value is -1.39. The molecule has 0 saturated heterocycles. The van der Waals surface area contributed by atoms with Crippen LogP contribution in [-0.4, -0.2) is 17.1 Å². The fraction of sp³-hybridized carbons (Fsp3) is 0.462. The van der Waals surface area contributed by atoms with Gasteiger partial charge in [-0.2, -0.15) is 0 Å². The van der Waals surface area contributed by atoms with Crippen molar-refractivity contribution >= 4 is 11.6 Å². The number of hydrogen-bond acceptors (Lipinski definition) is 3. The van der Waals surface area contributed by atoms with Gasteiger partial charge in [0, 0.05) is 12.6 Å². The molecular weight excluding hydrogens is 216 g/mol. The summed E-state index contributed by atoms with van der Waals surface area (Å²) in [5.41, 5.74) is 7.54. The van der Waals surface area contributed by atoms with Crippen LogP contribution in [0.3, 0.4) is 0 Å². The molecule has 0 aliphatic carbocycles. The molecule has 0 saturated carbocycles. The minimum atomic E-state index is -0.568. The first-order valence-corrected chi connectivity index (χ1v) is 5.73. The van der Waals surface area contributed by atoms with E-state index in [1.54, 1.807) is 12.1 Å². The zero-order chi connectivity index (χ0) is 13.0. The maximum Gasteiger partial charge on any atom is 0.221 e. The number of hydrogen-bond donors (Lipinski definition) is 3. The third-order valence-corrected chi connectivity index (χ3v) is 2.67. The normalized spacial score (nSPS) is 14.5. The van der Waals surface area contributed by atoms with Crippen LogP contribution >= 0.6 is 0 Å². The molecule has 0 unspecified atom stereocenters. The van der Waals surface area contributed by atoms with Gasteiger partial charge in [0.2, 0.25) is 5.91 Å². The first-order valence-electron chi connectivity index (χ1n) is 5.73. The predicted octanol–water partition coefficient (Wildman–Crippen LogP) is 1.66. The summed E-state index contributed by atoms with van der Waals surface area (Å²) in [5, 5.41) is 12.5. The van der Waals surface area contributed by atoms with Gasteiger partial charge in [-0.1, -0.05) is 26.0 Å². The van der Waals surface area contributed by atoms with Crippen LogP contribution in [0.4, 0.5) is 5.69 Å². The molecule has 0 aromatic heterocycles. The first kappa shape index (κ1) is 13.7. The molecule has 2 atom stereocenters. The summed E-state index contributed by atoms with van der Waals surface area (Å²) in [5.74, 6) is 0.00397. The summed E-state index contributed by atoms with van der Waals surface area (Å²) < 4.78 is 0. The Morgan fingerprint density at radius 3 is 2.24 bits per heavy atom. The molecule has 94 valence electrons. The molecule has 4 nitrogen and oxygen atoms in total. The Morgan fingerprint density at radius 2 is 1.82 bits per heavy atom. The van der Waals surface area contributed by atoms with Crippen molar-refractivity contribution in [3.05, 3.63) is 29.8 Å². The second kappa shape index (κ2) is 5.80. The number of benzene rings is 1. The molecule has 1 rings (SSSR count). The van der Waals surface area contributed by atoms with Gasteiger partial charge in [0.25, 0.3) is 0 Å². The van der Waals surface area contributed by atoms with E-state index >= 15 is 0 Å². The molecule has 1 aromatic rings. The van der Waals surface area contributed by atoms with Gasteiger partial charge in [-0.15, -0.1) is 0 Å². The lowest BCUT2D eigenvalue weighted by Crippen LogP contribution is -2.30. The number of carbonyl (C=O) groups is 1. The summed E-state index contributed by atoms with van der Waals surface area (Å²) in [4.78, 5) is 10.9. The number of nitrogens with two attached hydrogens (primary N) is 1. The lowest BCUT2D eigenvalue weighted by atomic mass is 9.94. The SMILES string of the molecule is CC(=O)Nc1ccc([C@H](N)[C@H](O)C(C)C)cc1. The highest BCUT2D eigenvalue weighted by atomic mass is 16.3. The number of nitrogens with one attached hydrogen (secondary N) is 1. The van der Waals surface area contributed by atoms with E-state index in [-0.39, 0.29) is 11.8 Å². The summed E-state index contributed by atoms with van der Waals surface area (Å²) in [7, 11) is 0. The average Bonchev–Trinajstić information content (AvgIpc) is 2.27. The molecule has 4 N–H and O–H groups in total. The van der Waals surface area contributed by atoms with Crippen molar-refractivity contribution in [2.75, 3.05) is 5.32 Å². The standard InChI is InChI=1S/C13H20N2O2/c1-8(2)13(17)12(14)10-4-6-11(7-5-10)15-9(3)16/h4-8,12-13,17H,14H2,1-3H3,(H,15,16)/t12-,13+/m0/s1. The summed E-state index contributed by atoms with van der Waals surface area (Å²) in [6.45, 7) is 5.31. The van der Waals surface area contributed by atoms with Gasteiger partial charge in [0.05, 0.1) is 12.1 Å². The van der Waals surface area contributed by atoms with Crippen molar-refractivity contribution in [3.8, 4) is 0 Å². The second-order valence-corrected chi connectivity index (χ2v) is 4.56. The second-order valence-electron chi connectivity index (χ2n) is 4.56. The van der Waals surface area contributed by atoms with E-state index in [0.717, 1.165) is 11.3 Å². The van der Waals surface area contributed by atoms with Gasteiger partial charge in [0.15, 0.2) is 0 Å². The molecule has 0 spiro atoms. The molecule has 0 aliphatic rings. The summed E-state index contributed by atoms with van der Waals surface area (Å²) in [6, 6.07) is 6.80. The largest absolute Gasteiger partial charge is 0.391 e. The van der Waals surface area contributed by atoms with Crippen molar-refractivity contribution in [1.29, 1.82) is 0 Å². The Kier molecular flexibility index (Phi) is 4.66. The Balaban J connectivity index is 2.76. The van der Waals surface area contributed by atoms with Crippen molar-refractivity contribution in [1.82, 2.24) is 0 Å². The lowest BCUT2D eigenvalue weighted by molar-refractivity contribution is -0.114. The zero-order valence-corrected chi connectivity index (χ0v) is 10.5. The lowest BCUT2D eigenvalue weighted by Gasteiger charge is -2.22. The Bertz CT molecular complexity index is 374. The fourth-order valence-electron chi connectivity index (χ4n) is 1.60. The van der Waals surface area contributed by atoms with Gasteiger partial charge >= 0.3 is 0 Å². The van der Waals surface area contributed by atoms with Gasteiger partial charge in [0.1, 0.15) is 0 Å². The maximum atomic E-state index is 10.9. The van der Waals surface area contributed by atoms with Crippen molar-refractivity contribution < 1.29 is 9.90 Å². The molecule has 0 bridgehead atoms. The van der Waals surface area contributed by atoms with Crippen LogP contribution in [0.15, 0.2) is 24.3 Å². The molecule has 4 heteroatoms. The highest BCUT2D eigenvalue weighted by Crippen LogP contribution is 2.21. The van der Waals surface area contributed by atoms with Gasteiger partial charge in [-0.05, 0) is 23.6 Å². The molecule has 1 amide bonds. The third-order valence-electron chi connectivity index (χ3n) is 2.67. The van der Waals surface area contributed by atoms with Gasteiger partial charge in [-0.25, -0.2) is 0 Å². The van der Waals surface area contributed by atoms with E-state index < -0.39 is 12.1 Å². The van der Waals surface area contributed by atoms with Crippen LogP contribution in [0, 0.1) is 5.92 Å². The molecule has 0 heterocycles. The van der Waals surface area contributed by atoms with Crippen LogP contribution < -0.4 is 11.1 Å². The van der Waals surface area contributed by atoms with E-state index in [9.17, 15) is 9.90 Å². The monoisotopic (exact) mass is 236 g/mol. The van der Waals surface area contributed by atoms with Crippen LogP contribution in [0.25, 0.3) is 0 Å². The Labute approximate surface area is 102 Å². The minimum absolute atomic E-state index is 0.107. The van der Waals surface area contributed by atoms with Gasteiger partial charge in [-0.3, -0.25) is 4.79 Å². The molecule has 0 fully saturated rings. The highest BCUT2D eigenvalue weighted by molar-refractivity contribution is 5.88. The molecular formula is C13H20N2O2. The topological polar surface area (TPSA) is 75.4 Å². The number of amides is 1. The van der Waals surface area contributed by atoms with Crippen LogP contribution in [0.1, 0.15) is 32.4 Å². The first-order chi connectivity index (χ1) is 7.91. The molecule has 1 aromatic carbocycles. The number of rotatable bonds is 4. The average molecular weight is 236 g/mol. The maximum absolute atomic E-state index is 10.9. The highest BCUT2D eigenvalue weighted by Gasteiger charge is 2.19. The Morgan fingerprint density at radius 1 is 1.29 bits per heavy atom. The van der Waals surface area contributed by atoms with Crippen molar-refractivity contribution in [2.24, 2.45) is 11.7 Å². The third kappa shape index (κ3) is 3.84. The van der Waals surface area contributed by atoms with E-state index in [0.29, 0.717) is 0 Å². The van der Waals surface area contributed by atoms with Crippen LogP contribution in [-0.2, 0) is 4.79 Å². The number of aliphatic hydroxyl groups is 1. The molecule has 17 heavy (non-hydrogen) atoms. The van der Waals surface area contributed by atoms with Crippen LogP contribution in [0.5, 0.6) is 0 Å². The quantitative estimate of drug-likeness (QED) is 0.744. The predicted molar refractivity (Wildman–Crippen MR) is 68.5 cm³/mol. The molecule has 0 aliphatic heterocycles. The zero-order valence-electron chi connectivity index (χ0n) is 10.5. The number of anilines is 1. The summed E-state index contributed by atoms with van der Waals surface area (Å²) >= 11 is 0. The van der Waals surface area contributed by atoms with E-state index in [1.807, 2.05) is 26.0 Å². The van der Waals surface area contributed by atoms with Crippen LogP contribution in [0.2, 0.25) is 0 Å². The fourth-order valence-corrected chi connectivity index (χ4v) is 1.60. The number of carbonyl (C=O) groups excluding carboxylic acids is 1.